The fourth-order valence-electron chi connectivity index (χ4n) is 3.54. The molecule has 0 saturated carbocycles. The molecule has 11 heteroatoms. The van der Waals surface area contributed by atoms with Crippen LogP contribution in [0.25, 0.3) is 0 Å². The molecule has 1 aromatic carbocycles. The van der Waals surface area contributed by atoms with Crippen LogP contribution in [0.5, 0.6) is 0 Å². The summed E-state index contributed by atoms with van der Waals surface area (Å²) in [4.78, 5) is 23.8. The van der Waals surface area contributed by atoms with E-state index in [4.69, 9.17) is 0 Å². The van der Waals surface area contributed by atoms with E-state index in [1.807, 2.05) is 11.5 Å². The maximum absolute atomic E-state index is 12.6. The largest absolute Gasteiger partial charge is 0.356 e. The van der Waals surface area contributed by atoms with Gasteiger partial charge in [-0.25, -0.2) is 8.42 Å². The average molecular weight is 480 g/mol. The van der Waals surface area contributed by atoms with Crippen molar-refractivity contribution in [3.8, 4) is 0 Å². The van der Waals surface area contributed by atoms with Crippen LogP contribution in [0.4, 0.5) is 0 Å². The van der Waals surface area contributed by atoms with E-state index < -0.39 is 10.0 Å². The summed E-state index contributed by atoms with van der Waals surface area (Å²) >= 11 is 1.31. The molecule has 0 aliphatic carbocycles. The monoisotopic (exact) mass is 479 g/mol. The number of hydrogen-bond donors (Lipinski definition) is 1. The molecule has 1 aromatic heterocycles. The van der Waals surface area contributed by atoms with Crippen LogP contribution < -0.4 is 5.32 Å². The lowest BCUT2D eigenvalue weighted by Gasteiger charge is -2.15. The van der Waals surface area contributed by atoms with E-state index in [1.54, 1.807) is 12.1 Å². The van der Waals surface area contributed by atoms with Crippen molar-refractivity contribution < 1.29 is 18.0 Å². The molecule has 0 bridgehead atoms. The Bertz CT molecular complexity index is 1040. The predicted octanol–water partition coefficient (Wildman–Crippen LogP) is 2.13. The molecule has 2 aromatic rings. The van der Waals surface area contributed by atoms with Gasteiger partial charge in [0.25, 0.3) is 0 Å². The zero-order chi connectivity index (χ0) is 23.1. The van der Waals surface area contributed by atoms with Gasteiger partial charge in [-0.3, -0.25) is 9.59 Å². The van der Waals surface area contributed by atoms with Crippen LogP contribution in [0, 0.1) is 0 Å². The summed E-state index contributed by atoms with van der Waals surface area (Å²) in [5, 5.41) is 11.9. The number of aryl methyl sites for hydroxylation is 1. The fourth-order valence-corrected chi connectivity index (χ4v) is 5.98. The third-order valence-corrected chi connectivity index (χ3v) is 8.15. The van der Waals surface area contributed by atoms with Crippen LogP contribution in [0.1, 0.15) is 49.3 Å². The standard InChI is InChI=1S/C21H29N5O4S2/c1-3-26-20(7-6-12-22-16(2)27)23-24-21(26)31-15-19(28)17-8-10-18(11-9-17)32(29,30)25-13-4-5-14-25/h8-11H,3-7,12-15H2,1-2H3,(H,22,27). The number of Topliss-reactive ketones (excluding diaryl/α,β-unsaturated/α-hetero) is 1. The number of thioether (sulfide) groups is 1. The van der Waals surface area contributed by atoms with E-state index in [9.17, 15) is 18.0 Å². The molecule has 1 saturated heterocycles. The topological polar surface area (TPSA) is 114 Å². The van der Waals surface area contributed by atoms with Gasteiger partial charge in [0.05, 0.1) is 10.6 Å². The Hall–Kier alpha value is -2.24. The molecule has 1 aliphatic heterocycles. The molecule has 0 spiro atoms. The normalized spacial score (nSPS) is 14.6. The Morgan fingerprint density at radius 3 is 2.44 bits per heavy atom. The summed E-state index contributed by atoms with van der Waals surface area (Å²) in [6, 6.07) is 6.16. The smallest absolute Gasteiger partial charge is 0.243 e. The third-order valence-electron chi connectivity index (χ3n) is 5.27. The SMILES string of the molecule is CCn1c(CCCNC(C)=O)nnc1SCC(=O)c1ccc(S(=O)(=O)N2CCCC2)cc1. The molecule has 3 rings (SSSR count). The molecule has 0 unspecified atom stereocenters. The van der Waals surface area contributed by atoms with Gasteiger partial charge in [-0.2, -0.15) is 4.31 Å². The number of amides is 1. The molecule has 1 N–H and O–H groups in total. The van der Waals surface area contributed by atoms with Crippen LogP contribution in [0.3, 0.4) is 0 Å². The number of carbonyl (C=O) groups excluding carboxylic acids is 2. The van der Waals surface area contributed by atoms with E-state index in [-0.39, 0.29) is 22.3 Å². The van der Waals surface area contributed by atoms with E-state index in [0.717, 1.165) is 25.1 Å². The fraction of sp³-hybridized carbons (Fsp3) is 0.524. The molecule has 174 valence electrons. The van der Waals surface area contributed by atoms with Gasteiger partial charge in [-0.15, -0.1) is 10.2 Å². The van der Waals surface area contributed by atoms with Crippen molar-refractivity contribution in [1.29, 1.82) is 0 Å². The van der Waals surface area contributed by atoms with Gasteiger partial charge in [-0.1, -0.05) is 23.9 Å². The highest BCUT2D eigenvalue weighted by atomic mass is 32.2. The second-order valence-corrected chi connectivity index (χ2v) is 10.5. The first-order chi connectivity index (χ1) is 15.3. The summed E-state index contributed by atoms with van der Waals surface area (Å²) in [7, 11) is -3.49. The maximum atomic E-state index is 12.6. The molecule has 0 atom stereocenters. The third kappa shape index (κ3) is 5.96. The van der Waals surface area contributed by atoms with Crippen molar-refractivity contribution in [3.05, 3.63) is 35.7 Å². The van der Waals surface area contributed by atoms with Crippen LogP contribution in [0.15, 0.2) is 34.3 Å². The van der Waals surface area contributed by atoms with Crippen molar-refractivity contribution in [2.24, 2.45) is 0 Å². The number of sulfonamides is 1. The zero-order valence-electron chi connectivity index (χ0n) is 18.4. The second-order valence-electron chi connectivity index (χ2n) is 7.58. The summed E-state index contributed by atoms with van der Waals surface area (Å²) in [5.74, 6) is 0.850. The molecular formula is C21H29N5O4S2. The highest BCUT2D eigenvalue weighted by Gasteiger charge is 2.27. The molecule has 0 radical (unpaired) electrons. The van der Waals surface area contributed by atoms with Gasteiger partial charge in [0.1, 0.15) is 5.82 Å². The minimum absolute atomic E-state index is 0.0570. The van der Waals surface area contributed by atoms with Gasteiger partial charge in [0.15, 0.2) is 10.9 Å². The Kier molecular flexibility index (Phi) is 8.44. The molecular weight excluding hydrogens is 450 g/mol. The van der Waals surface area contributed by atoms with Crippen molar-refractivity contribution in [2.75, 3.05) is 25.4 Å². The van der Waals surface area contributed by atoms with Gasteiger partial charge in [0.2, 0.25) is 15.9 Å². The lowest BCUT2D eigenvalue weighted by atomic mass is 10.1. The van der Waals surface area contributed by atoms with Crippen molar-refractivity contribution in [2.45, 2.75) is 56.1 Å². The van der Waals surface area contributed by atoms with Gasteiger partial charge >= 0.3 is 0 Å². The second kappa shape index (κ2) is 11.1. The van der Waals surface area contributed by atoms with Gasteiger partial charge in [0, 0.05) is 45.1 Å². The Morgan fingerprint density at radius 1 is 1.12 bits per heavy atom. The number of rotatable bonds is 11. The van der Waals surface area contributed by atoms with Crippen molar-refractivity contribution in [1.82, 2.24) is 24.4 Å². The highest BCUT2D eigenvalue weighted by Crippen LogP contribution is 2.23. The van der Waals surface area contributed by atoms with Crippen LogP contribution >= 0.6 is 11.8 Å². The summed E-state index contributed by atoms with van der Waals surface area (Å²) < 4.78 is 28.7. The maximum Gasteiger partial charge on any atom is 0.243 e. The molecule has 1 amide bonds. The minimum Gasteiger partial charge on any atom is -0.356 e. The lowest BCUT2D eigenvalue weighted by Crippen LogP contribution is -2.27. The summed E-state index contributed by atoms with van der Waals surface area (Å²) in [6.07, 6.45) is 3.20. The van der Waals surface area contributed by atoms with Crippen LogP contribution in [-0.4, -0.2) is 64.6 Å². The minimum atomic E-state index is -3.49. The number of carbonyl (C=O) groups is 2. The number of nitrogens with zero attached hydrogens (tertiary/aromatic N) is 4. The van der Waals surface area contributed by atoms with Crippen LogP contribution in [-0.2, 0) is 27.8 Å². The summed E-state index contributed by atoms with van der Waals surface area (Å²) in [5.41, 5.74) is 0.468. The number of benzene rings is 1. The lowest BCUT2D eigenvalue weighted by molar-refractivity contribution is -0.118. The Balaban J connectivity index is 1.58. The first kappa shape index (κ1) is 24.4. The molecule has 1 fully saturated rings. The van der Waals surface area contributed by atoms with Gasteiger partial charge < -0.3 is 9.88 Å². The summed E-state index contributed by atoms with van der Waals surface area (Å²) in [6.45, 7) is 5.84. The van der Waals surface area contributed by atoms with Crippen molar-refractivity contribution in [3.63, 3.8) is 0 Å². The predicted molar refractivity (Wildman–Crippen MR) is 122 cm³/mol. The molecule has 9 nitrogen and oxygen atoms in total. The van der Waals surface area contributed by atoms with Crippen LogP contribution in [0.2, 0.25) is 0 Å². The van der Waals surface area contributed by atoms with E-state index in [0.29, 0.717) is 43.3 Å². The first-order valence-corrected chi connectivity index (χ1v) is 13.2. The average Bonchev–Trinajstić information content (AvgIpc) is 3.45. The first-order valence-electron chi connectivity index (χ1n) is 10.8. The Labute approximate surface area is 193 Å². The number of hydrogen-bond acceptors (Lipinski definition) is 7. The number of ketones is 1. The van der Waals surface area contributed by atoms with E-state index in [1.165, 1.54) is 35.1 Å². The zero-order valence-corrected chi connectivity index (χ0v) is 20.0. The quantitative estimate of drug-likeness (QED) is 0.298. The van der Waals surface area contributed by atoms with Gasteiger partial charge in [-0.05, 0) is 38.3 Å². The number of nitrogens with one attached hydrogen (secondary N) is 1. The Morgan fingerprint density at radius 2 is 1.81 bits per heavy atom. The van der Waals surface area contributed by atoms with E-state index in [2.05, 4.69) is 15.5 Å². The molecule has 32 heavy (non-hydrogen) atoms. The molecule has 2 heterocycles. The number of aromatic nitrogens is 3. The molecule has 1 aliphatic rings. The highest BCUT2D eigenvalue weighted by molar-refractivity contribution is 7.99. The van der Waals surface area contributed by atoms with E-state index >= 15 is 0 Å². The van der Waals surface area contributed by atoms with Crippen molar-refractivity contribution >= 4 is 33.5 Å².